The van der Waals surface area contributed by atoms with Crippen molar-refractivity contribution in [3.05, 3.63) is 0 Å². The Kier molecular flexibility index (Phi) is 6.82. The molecule has 3 nitrogen and oxygen atoms in total. The molecule has 0 heterocycles. The van der Waals surface area contributed by atoms with E-state index in [4.69, 9.17) is 0 Å². The number of rotatable bonds is 7. The maximum Gasteiger partial charge on any atom is 0.108 e. The van der Waals surface area contributed by atoms with Crippen LogP contribution < -0.4 is 5.32 Å². The van der Waals surface area contributed by atoms with Gasteiger partial charge in [0.25, 0.3) is 0 Å². The summed E-state index contributed by atoms with van der Waals surface area (Å²) in [6.45, 7) is 11.1. The van der Waals surface area contributed by atoms with Gasteiger partial charge in [0.2, 0.25) is 0 Å². The third-order valence-corrected chi connectivity index (χ3v) is 4.04. The van der Waals surface area contributed by atoms with Crippen molar-refractivity contribution < 1.29 is 0 Å². The van der Waals surface area contributed by atoms with Gasteiger partial charge in [-0.3, -0.25) is 5.32 Å². The molecule has 0 aliphatic heterocycles. The van der Waals surface area contributed by atoms with Crippen LogP contribution in [0.1, 0.15) is 66.2 Å². The molecule has 1 aliphatic rings. The van der Waals surface area contributed by atoms with Crippen LogP contribution in [0.3, 0.4) is 0 Å². The maximum atomic E-state index is 9.62. The fraction of sp³-hybridized carbons (Fsp3) is 0.938. The number of nitriles is 1. The third-order valence-electron chi connectivity index (χ3n) is 4.04. The molecule has 1 N–H and O–H groups in total. The van der Waals surface area contributed by atoms with Gasteiger partial charge < -0.3 is 4.90 Å². The largest absolute Gasteiger partial charge is 0.300 e. The lowest BCUT2D eigenvalue weighted by atomic mass is 9.78. The quantitative estimate of drug-likeness (QED) is 0.767. The molecule has 0 radical (unpaired) electrons. The summed E-state index contributed by atoms with van der Waals surface area (Å²) in [4.78, 5) is 2.60. The molecule has 1 aliphatic carbocycles. The minimum Gasteiger partial charge on any atom is -0.300 e. The maximum absolute atomic E-state index is 9.62. The molecule has 0 aromatic rings. The number of nitrogens with one attached hydrogen (secondary N) is 1. The summed E-state index contributed by atoms with van der Waals surface area (Å²) in [5, 5.41) is 13.1. The molecular formula is C16H31N3. The molecule has 0 amide bonds. The van der Waals surface area contributed by atoms with Crippen LogP contribution in [-0.4, -0.2) is 35.6 Å². The number of hydrogen-bond donors (Lipinski definition) is 1. The first kappa shape index (κ1) is 16.5. The highest BCUT2D eigenvalue weighted by Gasteiger charge is 2.38. The van der Waals surface area contributed by atoms with Crippen molar-refractivity contribution in [2.75, 3.05) is 13.1 Å². The Morgan fingerprint density at radius 3 is 2.42 bits per heavy atom. The first-order valence-corrected chi connectivity index (χ1v) is 8.00. The van der Waals surface area contributed by atoms with E-state index in [1.54, 1.807) is 0 Å². The van der Waals surface area contributed by atoms with Gasteiger partial charge >= 0.3 is 0 Å². The van der Waals surface area contributed by atoms with Crippen LogP contribution in [0.4, 0.5) is 0 Å². The van der Waals surface area contributed by atoms with E-state index >= 15 is 0 Å². The topological polar surface area (TPSA) is 39.1 Å². The van der Waals surface area contributed by atoms with Gasteiger partial charge in [-0.15, -0.1) is 0 Å². The molecule has 1 fully saturated rings. The van der Waals surface area contributed by atoms with Gasteiger partial charge in [-0.25, -0.2) is 0 Å². The summed E-state index contributed by atoms with van der Waals surface area (Å²) in [5.41, 5.74) is -0.295. The molecule has 0 spiro atoms. The first-order chi connectivity index (χ1) is 9.06. The standard InChI is InChI=1S/C16H31N3/c1-5-10-19(11-6-2)15-8-7-9-16(12-15,13-17)18-14(3)4/h14-15,18H,5-12H2,1-4H3. The zero-order chi connectivity index (χ0) is 14.3. The van der Waals surface area contributed by atoms with Crippen molar-refractivity contribution in [3.63, 3.8) is 0 Å². The summed E-state index contributed by atoms with van der Waals surface area (Å²) in [5.74, 6) is 0. The van der Waals surface area contributed by atoms with E-state index in [9.17, 15) is 5.26 Å². The van der Waals surface area contributed by atoms with E-state index in [0.717, 1.165) is 12.8 Å². The van der Waals surface area contributed by atoms with Crippen LogP contribution >= 0.6 is 0 Å². The lowest BCUT2D eigenvalue weighted by Gasteiger charge is -2.42. The highest BCUT2D eigenvalue weighted by Crippen LogP contribution is 2.31. The molecule has 2 unspecified atom stereocenters. The molecular weight excluding hydrogens is 234 g/mol. The average molecular weight is 265 g/mol. The van der Waals surface area contributed by atoms with Crippen molar-refractivity contribution in [1.29, 1.82) is 5.26 Å². The molecule has 1 rings (SSSR count). The smallest absolute Gasteiger partial charge is 0.108 e. The van der Waals surface area contributed by atoms with Crippen LogP contribution in [0.15, 0.2) is 0 Å². The fourth-order valence-electron chi connectivity index (χ4n) is 3.43. The second-order valence-electron chi connectivity index (χ2n) is 6.28. The normalized spacial score (nSPS) is 27.7. The van der Waals surface area contributed by atoms with Crippen molar-refractivity contribution in [2.45, 2.75) is 83.8 Å². The molecule has 2 atom stereocenters. The van der Waals surface area contributed by atoms with Gasteiger partial charge in [0.15, 0.2) is 0 Å². The lowest BCUT2D eigenvalue weighted by Crippen LogP contribution is -2.55. The van der Waals surface area contributed by atoms with Crippen molar-refractivity contribution in [3.8, 4) is 6.07 Å². The minimum atomic E-state index is -0.295. The van der Waals surface area contributed by atoms with Gasteiger partial charge in [-0.1, -0.05) is 13.8 Å². The molecule has 0 aromatic carbocycles. The van der Waals surface area contributed by atoms with E-state index in [0.29, 0.717) is 12.1 Å². The Labute approximate surface area is 119 Å². The SMILES string of the molecule is CCCN(CCC)C1CCCC(C#N)(NC(C)C)C1. The minimum absolute atomic E-state index is 0.295. The second-order valence-corrected chi connectivity index (χ2v) is 6.28. The van der Waals surface area contributed by atoms with Gasteiger partial charge in [0, 0.05) is 12.1 Å². The van der Waals surface area contributed by atoms with Crippen molar-refractivity contribution in [1.82, 2.24) is 10.2 Å². The Morgan fingerprint density at radius 2 is 1.95 bits per heavy atom. The van der Waals surface area contributed by atoms with E-state index in [2.05, 4.69) is 44.0 Å². The lowest BCUT2D eigenvalue weighted by molar-refractivity contribution is 0.116. The number of hydrogen-bond acceptors (Lipinski definition) is 3. The molecule has 110 valence electrons. The van der Waals surface area contributed by atoms with Crippen LogP contribution in [0.5, 0.6) is 0 Å². The highest BCUT2D eigenvalue weighted by atomic mass is 15.2. The molecule has 19 heavy (non-hydrogen) atoms. The van der Waals surface area contributed by atoms with Crippen molar-refractivity contribution in [2.24, 2.45) is 0 Å². The van der Waals surface area contributed by atoms with Gasteiger partial charge in [-0.2, -0.15) is 5.26 Å². The molecule has 3 heteroatoms. The summed E-state index contributed by atoms with van der Waals surface area (Å²) in [7, 11) is 0. The Morgan fingerprint density at radius 1 is 1.32 bits per heavy atom. The van der Waals surface area contributed by atoms with Crippen LogP contribution in [-0.2, 0) is 0 Å². The third kappa shape index (κ3) is 4.78. The molecule has 0 aromatic heterocycles. The van der Waals surface area contributed by atoms with Gasteiger partial charge in [0.1, 0.15) is 5.54 Å². The highest BCUT2D eigenvalue weighted by molar-refractivity contribution is 5.11. The Bertz CT molecular complexity index is 289. The van der Waals surface area contributed by atoms with Crippen LogP contribution in [0, 0.1) is 11.3 Å². The summed E-state index contributed by atoms with van der Waals surface area (Å²) in [6.07, 6.45) is 6.82. The monoisotopic (exact) mass is 265 g/mol. The average Bonchev–Trinajstić information content (AvgIpc) is 2.38. The van der Waals surface area contributed by atoms with Gasteiger partial charge in [-0.05, 0) is 65.5 Å². The predicted molar refractivity (Wildman–Crippen MR) is 81.0 cm³/mol. The van der Waals surface area contributed by atoms with Crippen LogP contribution in [0.25, 0.3) is 0 Å². The predicted octanol–water partition coefficient (Wildman–Crippen LogP) is 3.31. The Hall–Kier alpha value is -0.590. The van der Waals surface area contributed by atoms with E-state index in [1.165, 1.54) is 38.8 Å². The van der Waals surface area contributed by atoms with E-state index in [-0.39, 0.29) is 5.54 Å². The summed E-state index contributed by atoms with van der Waals surface area (Å²) < 4.78 is 0. The Balaban J connectivity index is 2.72. The van der Waals surface area contributed by atoms with E-state index < -0.39 is 0 Å². The summed E-state index contributed by atoms with van der Waals surface area (Å²) >= 11 is 0. The number of nitrogens with zero attached hydrogens (tertiary/aromatic N) is 2. The van der Waals surface area contributed by atoms with Gasteiger partial charge in [0.05, 0.1) is 6.07 Å². The fourth-order valence-corrected chi connectivity index (χ4v) is 3.43. The van der Waals surface area contributed by atoms with Crippen molar-refractivity contribution >= 4 is 0 Å². The molecule has 0 saturated heterocycles. The zero-order valence-corrected chi connectivity index (χ0v) is 13.2. The molecule has 0 bridgehead atoms. The second kappa shape index (κ2) is 7.87. The molecule has 1 saturated carbocycles. The van der Waals surface area contributed by atoms with Crippen LogP contribution in [0.2, 0.25) is 0 Å². The summed E-state index contributed by atoms with van der Waals surface area (Å²) in [6, 6.07) is 3.54. The van der Waals surface area contributed by atoms with E-state index in [1.807, 2.05) is 0 Å². The first-order valence-electron chi connectivity index (χ1n) is 8.00. The zero-order valence-electron chi connectivity index (χ0n) is 13.2.